The van der Waals surface area contributed by atoms with Crippen LogP contribution in [0, 0.1) is 0 Å². The second-order valence-corrected chi connectivity index (χ2v) is 6.85. The van der Waals surface area contributed by atoms with Gasteiger partial charge in [-0.05, 0) is 45.0 Å². The Balaban J connectivity index is 2.14. The Morgan fingerprint density at radius 3 is 2.44 bits per heavy atom. The molecule has 25 heavy (non-hydrogen) atoms. The monoisotopic (exact) mass is 344 g/mol. The summed E-state index contributed by atoms with van der Waals surface area (Å²) in [5, 5.41) is 9.67. The Hall–Kier alpha value is -2.83. The van der Waals surface area contributed by atoms with Gasteiger partial charge in [-0.1, -0.05) is 0 Å². The van der Waals surface area contributed by atoms with Gasteiger partial charge in [0.15, 0.2) is 0 Å². The van der Waals surface area contributed by atoms with Crippen LogP contribution in [0.15, 0.2) is 30.5 Å². The predicted molar refractivity (Wildman–Crippen MR) is 95.4 cm³/mol. The molecule has 0 unspecified atom stereocenters. The highest BCUT2D eigenvalue weighted by Gasteiger charge is 2.22. The molecule has 2 amide bonds. The molecule has 1 aromatic heterocycles. The van der Waals surface area contributed by atoms with Crippen molar-refractivity contribution in [3.8, 4) is 17.0 Å². The summed E-state index contributed by atoms with van der Waals surface area (Å²) < 4.78 is 5.14. The summed E-state index contributed by atoms with van der Waals surface area (Å²) in [6, 6.07) is 7.31. The average Bonchev–Trinajstić information content (AvgIpc) is 3.01. The minimum atomic E-state index is -0.342. The standard InChI is InChI=1S/C18H24N4O3/c1-18(2,3)20-15(23)11-22(4)17(24)14-10-19-21-16(14)12-6-8-13(25-5)9-7-12/h6-10H,11H2,1-5H3,(H,19,21)(H,20,23). The highest BCUT2D eigenvalue weighted by atomic mass is 16.5. The van der Waals surface area contributed by atoms with E-state index < -0.39 is 0 Å². The van der Waals surface area contributed by atoms with E-state index >= 15 is 0 Å². The molecule has 0 aliphatic heterocycles. The molecule has 0 bridgehead atoms. The Morgan fingerprint density at radius 2 is 1.88 bits per heavy atom. The molecule has 0 radical (unpaired) electrons. The molecule has 7 nitrogen and oxygen atoms in total. The molecule has 0 spiro atoms. The lowest BCUT2D eigenvalue weighted by molar-refractivity contribution is -0.122. The number of hydrogen-bond donors (Lipinski definition) is 2. The number of benzene rings is 1. The largest absolute Gasteiger partial charge is 0.497 e. The number of ether oxygens (including phenoxy) is 1. The lowest BCUT2D eigenvalue weighted by Gasteiger charge is -2.23. The number of amides is 2. The van der Waals surface area contributed by atoms with Gasteiger partial charge in [-0.25, -0.2) is 0 Å². The highest BCUT2D eigenvalue weighted by Crippen LogP contribution is 2.24. The van der Waals surface area contributed by atoms with E-state index in [9.17, 15) is 9.59 Å². The van der Waals surface area contributed by atoms with Crippen LogP contribution in [0.3, 0.4) is 0 Å². The number of nitrogens with one attached hydrogen (secondary N) is 2. The molecule has 2 N–H and O–H groups in total. The molecule has 0 saturated heterocycles. The number of likely N-dealkylation sites (N-methyl/N-ethyl adjacent to an activating group) is 1. The number of aromatic amines is 1. The van der Waals surface area contributed by atoms with Crippen molar-refractivity contribution in [2.24, 2.45) is 0 Å². The van der Waals surface area contributed by atoms with Crippen molar-refractivity contribution >= 4 is 11.8 Å². The molecular weight excluding hydrogens is 320 g/mol. The summed E-state index contributed by atoms with van der Waals surface area (Å²) >= 11 is 0. The van der Waals surface area contributed by atoms with E-state index in [-0.39, 0.29) is 23.9 Å². The van der Waals surface area contributed by atoms with E-state index in [4.69, 9.17) is 4.74 Å². The van der Waals surface area contributed by atoms with Crippen LogP contribution in [-0.4, -0.2) is 53.2 Å². The van der Waals surface area contributed by atoms with E-state index in [2.05, 4.69) is 15.5 Å². The first-order valence-corrected chi connectivity index (χ1v) is 7.95. The molecule has 7 heteroatoms. The normalized spacial score (nSPS) is 11.1. The lowest BCUT2D eigenvalue weighted by Crippen LogP contribution is -2.46. The van der Waals surface area contributed by atoms with Crippen LogP contribution >= 0.6 is 0 Å². The van der Waals surface area contributed by atoms with Crippen LogP contribution in [0.5, 0.6) is 5.75 Å². The number of aromatic nitrogens is 2. The van der Waals surface area contributed by atoms with Crippen LogP contribution in [-0.2, 0) is 4.79 Å². The summed E-state index contributed by atoms with van der Waals surface area (Å²) in [6.45, 7) is 5.66. The first-order valence-electron chi connectivity index (χ1n) is 7.95. The van der Waals surface area contributed by atoms with Gasteiger partial charge in [0.05, 0.1) is 31.1 Å². The van der Waals surface area contributed by atoms with Gasteiger partial charge in [-0.2, -0.15) is 5.10 Å². The second kappa shape index (κ2) is 7.38. The maximum absolute atomic E-state index is 12.7. The van der Waals surface area contributed by atoms with Crippen molar-refractivity contribution in [2.45, 2.75) is 26.3 Å². The minimum Gasteiger partial charge on any atom is -0.497 e. The van der Waals surface area contributed by atoms with Crippen molar-refractivity contribution < 1.29 is 14.3 Å². The molecule has 0 fully saturated rings. The zero-order valence-electron chi connectivity index (χ0n) is 15.2. The summed E-state index contributed by atoms with van der Waals surface area (Å²) in [5.74, 6) is 0.244. The highest BCUT2D eigenvalue weighted by molar-refractivity contribution is 6.01. The second-order valence-electron chi connectivity index (χ2n) is 6.85. The number of carbonyl (C=O) groups is 2. The number of methoxy groups -OCH3 is 1. The van der Waals surface area contributed by atoms with Gasteiger partial charge in [0, 0.05) is 18.2 Å². The van der Waals surface area contributed by atoms with Crippen molar-refractivity contribution in [2.75, 3.05) is 20.7 Å². The molecule has 0 aliphatic rings. The van der Waals surface area contributed by atoms with Crippen LogP contribution in [0.1, 0.15) is 31.1 Å². The van der Waals surface area contributed by atoms with Crippen LogP contribution in [0.4, 0.5) is 0 Å². The molecule has 2 rings (SSSR count). The quantitative estimate of drug-likeness (QED) is 0.869. The molecule has 0 aliphatic carbocycles. The summed E-state index contributed by atoms with van der Waals surface area (Å²) in [7, 11) is 3.19. The number of rotatable bonds is 5. The van der Waals surface area contributed by atoms with Gasteiger partial charge in [0.2, 0.25) is 5.91 Å². The third-order valence-corrected chi connectivity index (χ3v) is 3.49. The van der Waals surface area contributed by atoms with Crippen molar-refractivity contribution in [3.05, 3.63) is 36.0 Å². The molecule has 134 valence electrons. The lowest BCUT2D eigenvalue weighted by atomic mass is 10.1. The van der Waals surface area contributed by atoms with Gasteiger partial charge < -0.3 is 15.0 Å². The molecule has 2 aromatic rings. The fourth-order valence-corrected chi connectivity index (χ4v) is 2.38. The third kappa shape index (κ3) is 4.82. The number of H-pyrrole nitrogens is 1. The van der Waals surface area contributed by atoms with E-state index in [0.29, 0.717) is 11.3 Å². The van der Waals surface area contributed by atoms with E-state index in [1.807, 2.05) is 45.0 Å². The van der Waals surface area contributed by atoms with Crippen LogP contribution in [0.25, 0.3) is 11.3 Å². The molecule has 1 heterocycles. The Morgan fingerprint density at radius 1 is 1.24 bits per heavy atom. The van der Waals surface area contributed by atoms with Gasteiger partial charge in [-0.15, -0.1) is 0 Å². The maximum atomic E-state index is 12.7. The molecule has 1 aromatic carbocycles. The average molecular weight is 344 g/mol. The van der Waals surface area contributed by atoms with E-state index in [1.54, 1.807) is 14.2 Å². The molecule has 0 saturated carbocycles. The number of hydrogen-bond acceptors (Lipinski definition) is 4. The first-order chi connectivity index (χ1) is 11.7. The van der Waals surface area contributed by atoms with Crippen LogP contribution in [0.2, 0.25) is 0 Å². The number of nitrogens with zero attached hydrogens (tertiary/aromatic N) is 2. The van der Waals surface area contributed by atoms with Crippen LogP contribution < -0.4 is 10.1 Å². The van der Waals surface area contributed by atoms with E-state index in [1.165, 1.54) is 11.1 Å². The van der Waals surface area contributed by atoms with Crippen molar-refractivity contribution in [1.82, 2.24) is 20.4 Å². The molecular formula is C18H24N4O3. The zero-order valence-corrected chi connectivity index (χ0v) is 15.2. The van der Waals surface area contributed by atoms with Crippen molar-refractivity contribution in [1.29, 1.82) is 0 Å². The van der Waals surface area contributed by atoms with Crippen molar-refractivity contribution in [3.63, 3.8) is 0 Å². The Kier molecular flexibility index (Phi) is 5.46. The SMILES string of the molecule is COc1ccc(-c2[nH]ncc2C(=O)N(C)CC(=O)NC(C)(C)C)cc1. The van der Waals surface area contributed by atoms with Gasteiger partial charge >= 0.3 is 0 Å². The first kappa shape index (κ1) is 18.5. The summed E-state index contributed by atoms with van der Waals surface area (Å²) in [5.41, 5.74) is 1.49. The fourth-order valence-electron chi connectivity index (χ4n) is 2.38. The Bertz CT molecular complexity index is 744. The smallest absolute Gasteiger partial charge is 0.257 e. The third-order valence-electron chi connectivity index (χ3n) is 3.49. The van der Waals surface area contributed by atoms with Gasteiger partial charge in [-0.3, -0.25) is 14.7 Å². The van der Waals surface area contributed by atoms with Gasteiger partial charge in [0.1, 0.15) is 5.75 Å². The topological polar surface area (TPSA) is 87.3 Å². The van der Waals surface area contributed by atoms with E-state index in [0.717, 1.165) is 11.3 Å². The summed E-state index contributed by atoms with van der Waals surface area (Å²) in [4.78, 5) is 26.1. The summed E-state index contributed by atoms with van der Waals surface area (Å²) in [6.07, 6.45) is 1.47. The fraction of sp³-hybridized carbons (Fsp3) is 0.389. The zero-order chi connectivity index (χ0) is 18.6. The van der Waals surface area contributed by atoms with Gasteiger partial charge in [0.25, 0.3) is 5.91 Å². The predicted octanol–water partition coefficient (Wildman–Crippen LogP) is 2.07. The maximum Gasteiger partial charge on any atom is 0.257 e. The molecule has 0 atom stereocenters. The minimum absolute atomic E-state index is 0.0245. The number of carbonyl (C=O) groups excluding carboxylic acids is 2. The Labute approximate surface area is 147 Å².